The number of likely N-dealkylation sites (N-methyl/N-ethyl adjacent to an activating group) is 1. The fourth-order valence-electron chi connectivity index (χ4n) is 4.09. The number of anilines is 2. The van der Waals surface area contributed by atoms with Gasteiger partial charge in [-0.15, -0.1) is 5.10 Å². The average molecular weight is 477 g/mol. The van der Waals surface area contributed by atoms with Gasteiger partial charge in [-0.1, -0.05) is 17.7 Å². The van der Waals surface area contributed by atoms with Gasteiger partial charge < -0.3 is 19.9 Å². The van der Waals surface area contributed by atoms with Crippen LogP contribution in [0, 0.1) is 0 Å². The molecule has 4 aromatic rings. The molecule has 0 aliphatic carbocycles. The Kier molecular flexibility index (Phi) is 6.08. The van der Waals surface area contributed by atoms with E-state index in [0.29, 0.717) is 22.3 Å². The van der Waals surface area contributed by atoms with Gasteiger partial charge in [-0.25, -0.2) is 9.50 Å². The van der Waals surface area contributed by atoms with E-state index < -0.39 is 0 Å². The van der Waals surface area contributed by atoms with Crippen LogP contribution in [0.25, 0.3) is 16.8 Å². The van der Waals surface area contributed by atoms with Crippen molar-refractivity contribution in [1.82, 2.24) is 24.4 Å². The number of nitrogens with zero attached hydrogens (tertiary/aromatic N) is 5. The first-order valence-corrected chi connectivity index (χ1v) is 11.4. The van der Waals surface area contributed by atoms with E-state index in [1.807, 2.05) is 53.4 Å². The van der Waals surface area contributed by atoms with Crippen LogP contribution in [0.1, 0.15) is 10.4 Å². The topological polar surface area (TPSA) is 75.0 Å². The van der Waals surface area contributed by atoms with Crippen molar-refractivity contribution in [2.45, 2.75) is 0 Å². The number of hydrogen-bond acceptors (Lipinski definition) is 6. The number of methoxy groups -OCH3 is 1. The summed E-state index contributed by atoms with van der Waals surface area (Å²) in [6.45, 7) is 3.23. The summed E-state index contributed by atoms with van der Waals surface area (Å²) in [4.78, 5) is 21.5. The minimum atomic E-state index is 0.0360. The standard InChI is InChI=1S/C25H25ClN6O2/c1-30-10-12-31(13-11-30)24(33)17-4-3-5-19(14-17)28-25-27-16-20-7-8-22(32(20)29-25)21-15-18(26)6-9-23(21)34-2/h3-9,14-16H,10-13H2,1-2H3,(H,28,29). The zero-order chi connectivity index (χ0) is 23.7. The van der Waals surface area contributed by atoms with Crippen molar-refractivity contribution in [3.8, 4) is 17.0 Å². The summed E-state index contributed by atoms with van der Waals surface area (Å²) in [5.41, 5.74) is 3.88. The minimum absolute atomic E-state index is 0.0360. The van der Waals surface area contributed by atoms with Crippen LogP contribution in [0.3, 0.4) is 0 Å². The SMILES string of the molecule is COc1ccc(Cl)cc1-c1ccc2cnc(Nc3cccc(C(=O)N4CCN(C)CC4)c3)nn12. The molecule has 9 heteroatoms. The summed E-state index contributed by atoms with van der Waals surface area (Å²) in [7, 11) is 3.70. The van der Waals surface area contributed by atoms with E-state index in [0.717, 1.165) is 48.6 Å². The summed E-state index contributed by atoms with van der Waals surface area (Å²) >= 11 is 6.24. The first-order chi connectivity index (χ1) is 16.5. The predicted octanol–water partition coefficient (Wildman–Crippen LogP) is 4.19. The first kappa shape index (κ1) is 22.2. The Hall–Kier alpha value is -3.62. The van der Waals surface area contributed by atoms with Gasteiger partial charge in [0.1, 0.15) is 5.75 Å². The number of amides is 1. The van der Waals surface area contributed by atoms with Crippen LogP contribution in [-0.2, 0) is 0 Å². The van der Waals surface area contributed by atoms with Crippen LogP contribution < -0.4 is 10.1 Å². The highest BCUT2D eigenvalue weighted by atomic mass is 35.5. The number of carbonyl (C=O) groups excluding carboxylic acids is 1. The lowest BCUT2D eigenvalue weighted by atomic mass is 10.1. The number of piperazine rings is 1. The van der Waals surface area contributed by atoms with E-state index >= 15 is 0 Å². The third-order valence-electron chi connectivity index (χ3n) is 5.99. The lowest BCUT2D eigenvalue weighted by Crippen LogP contribution is -2.47. The van der Waals surface area contributed by atoms with Crippen LogP contribution in [0.15, 0.2) is 60.8 Å². The summed E-state index contributed by atoms with van der Waals surface area (Å²) in [5.74, 6) is 1.15. The van der Waals surface area contributed by atoms with Crippen molar-refractivity contribution in [2.75, 3.05) is 45.7 Å². The highest BCUT2D eigenvalue weighted by Gasteiger charge is 2.20. The lowest BCUT2D eigenvalue weighted by molar-refractivity contribution is 0.0664. The molecule has 5 rings (SSSR count). The largest absolute Gasteiger partial charge is 0.496 e. The summed E-state index contributed by atoms with van der Waals surface area (Å²) in [5, 5.41) is 8.52. The maximum atomic E-state index is 13.0. The molecule has 0 saturated carbocycles. The third kappa shape index (κ3) is 4.42. The second kappa shape index (κ2) is 9.32. The molecule has 0 radical (unpaired) electrons. The van der Waals surface area contributed by atoms with E-state index in [4.69, 9.17) is 16.3 Å². The van der Waals surface area contributed by atoms with Gasteiger partial charge in [0.25, 0.3) is 5.91 Å². The zero-order valence-electron chi connectivity index (χ0n) is 19.0. The van der Waals surface area contributed by atoms with E-state index in [1.54, 1.807) is 23.9 Å². The summed E-state index contributed by atoms with van der Waals surface area (Å²) in [6.07, 6.45) is 1.75. The zero-order valence-corrected chi connectivity index (χ0v) is 19.8. The minimum Gasteiger partial charge on any atom is -0.496 e. The second-order valence-corrected chi connectivity index (χ2v) is 8.72. The van der Waals surface area contributed by atoms with Gasteiger partial charge >= 0.3 is 0 Å². The average Bonchev–Trinajstić information content (AvgIpc) is 3.27. The van der Waals surface area contributed by atoms with Gasteiger partial charge in [0, 0.05) is 48.0 Å². The molecule has 2 aromatic carbocycles. The number of ether oxygens (including phenoxy) is 1. The third-order valence-corrected chi connectivity index (χ3v) is 6.23. The van der Waals surface area contributed by atoms with Crippen LogP contribution in [0.2, 0.25) is 5.02 Å². The number of halogens is 1. The molecule has 0 unspecified atom stereocenters. The summed E-state index contributed by atoms with van der Waals surface area (Å²) < 4.78 is 7.32. The van der Waals surface area contributed by atoms with Gasteiger partial charge in [-0.05, 0) is 55.6 Å². The molecule has 0 bridgehead atoms. The number of hydrogen-bond donors (Lipinski definition) is 1. The Morgan fingerprint density at radius 1 is 1.06 bits per heavy atom. The van der Waals surface area contributed by atoms with Crippen molar-refractivity contribution in [3.63, 3.8) is 0 Å². The first-order valence-electron chi connectivity index (χ1n) is 11.1. The number of carbonyl (C=O) groups is 1. The molecular formula is C25H25ClN6O2. The molecule has 0 spiro atoms. The number of rotatable bonds is 5. The predicted molar refractivity (Wildman–Crippen MR) is 133 cm³/mol. The van der Waals surface area contributed by atoms with Crippen LogP contribution >= 0.6 is 11.6 Å². The van der Waals surface area contributed by atoms with E-state index in [2.05, 4.69) is 27.3 Å². The molecule has 1 aliphatic heterocycles. The number of nitrogens with one attached hydrogen (secondary N) is 1. The van der Waals surface area contributed by atoms with E-state index in [9.17, 15) is 4.79 Å². The molecule has 1 amide bonds. The molecule has 0 atom stereocenters. The van der Waals surface area contributed by atoms with Gasteiger partial charge in [0.15, 0.2) is 0 Å². The smallest absolute Gasteiger partial charge is 0.254 e. The molecule has 1 aliphatic rings. The van der Waals surface area contributed by atoms with Crippen molar-refractivity contribution in [2.24, 2.45) is 0 Å². The van der Waals surface area contributed by atoms with E-state index in [1.165, 1.54) is 0 Å². The fraction of sp³-hybridized carbons (Fsp3) is 0.240. The van der Waals surface area contributed by atoms with E-state index in [-0.39, 0.29) is 5.91 Å². The molecule has 1 saturated heterocycles. The van der Waals surface area contributed by atoms with Crippen molar-refractivity contribution < 1.29 is 9.53 Å². The second-order valence-electron chi connectivity index (χ2n) is 8.28. The molecular weight excluding hydrogens is 452 g/mol. The molecule has 8 nitrogen and oxygen atoms in total. The van der Waals surface area contributed by atoms with Crippen LogP contribution in [0.4, 0.5) is 11.6 Å². The maximum absolute atomic E-state index is 13.0. The van der Waals surface area contributed by atoms with Crippen molar-refractivity contribution >= 4 is 34.7 Å². The highest BCUT2D eigenvalue weighted by molar-refractivity contribution is 6.31. The van der Waals surface area contributed by atoms with Crippen LogP contribution in [-0.4, -0.2) is 70.6 Å². The highest BCUT2D eigenvalue weighted by Crippen LogP contribution is 2.33. The van der Waals surface area contributed by atoms with Gasteiger partial charge in [-0.2, -0.15) is 0 Å². The maximum Gasteiger partial charge on any atom is 0.254 e. The molecule has 2 aromatic heterocycles. The summed E-state index contributed by atoms with van der Waals surface area (Å²) in [6, 6.07) is 16.8. The van der Waals surface area contributed by atoms with Gasteiger partial charge in [0.2, 0.25) is 5.95 Å². The molecule has 1 fully saturated rings. The lowest BCUT2D eigenvalue weighted by Gasteiger charge is -2.32. The van der Waals surface area contributed by atoms with Gasteiger partial charge in [0.05, 0.1) is 24.5 Å². The number of aromatic nitrogens is 3. The number of benzene rings is 2. The molecule has 34 heavy (non-hydrogen) atoms. The quantitative estimate of drug-likeness (QED) is 0.465. The Bertz CT molecular complexity index is 1350. The Balaban J connectivity index is 1.42. The van der Waals surface area contributed by atoms with Crippen molar-refractivity contribution in [1.29, 1.82) is 0 Å². The normalized spacial score (nSPS) is 14.4. The van der Waals surface area contributed by atoms with Gasteiger partial charge in [-0.3, -0.25) is 4.79 Å². The number of fused-ring (bicyclic) bond motifs is 1. The molecule has 3 heterocycles. The van der Waals surface area contributed by atoms with Crippen molar-refractivity contribution in [3.05, 3.63) is 71.4 Å². The molecule has 174 valence electrons. The Labute approximate surface area is 202 Å². The fourth-order valence-corrected chi connectivity index (χ4v) is 4.27. The Morgan fingerprint density at radius 2 is 1.88 bits per heavy atom. The monoisotopic (exact) mass is 476 g/mol. The Morgan fingerprint density at radius 3 is 2.68 bits per heavy atom. The van der Waals surface area contributed by atoms with Crippen LogP contribution in [0.5, 0.6) is 5.75 Å². The molecule has 1 N–H and O–H groups in total.